The number of nitrogens with zero attached hydrogens (tertiary/aromatic N) is 3. The second kappa shape index (κ2) is 6.55. The number of carbonyl (C=O) groups excluding carboxylic acids is 1. The van der Waals surface area contributed by atoms with Gasteiger partial charge < -0.3 is 0 Å². The van der Waals surface area contributed by atoms with Crippen molar-refractivity contribution in [3.05, 3.63) is 17.8 Å². The van der Waals surface area contributed by atoms with Crippen LogP contribution in [0.2, 0.25) is 0 Å². The van der Waals surface area contributed by atoms with Crippen LogP contribution in [-0.2, 0) is 11.0 Å². The molecule has 2 saturated carbocycles. The Morgan fingerprint density at radius 3 is 2.46 bits per heavy atom. The molecule has 0 bridgehead atoms. The van der Waals surface area contributed by atoms with Crippen LogP contribution in [0.25, 0.3) is 11.2 Å². The zero-order valence-electron chi connectivity index (χ0n) is 14.4. The molecule has 0 saturated heterocycles. The van der Waals surface area contributed by atoms with Crippen molar-refractivity contribution in [3.63, 3.8) is 0 Å². The van der Waals surface area contributed by atoms with Gasteiger partial charge in [0.05, 0.1) is 0 Å². The second-order valence-corrected chi connectivity index (χ2v) is 7.31. The average molecular weight is 366 g/mol. The lowest BCUT2D eigenvalue weighted by atomic mass is 9.82. The number of anilines is 1. The van der Waals surface area contributed by atoms with Crippen LogP contribution in [0.4, 0.5) is 19.1 Å². The van der Waals surface area contributed by atoms with Crippen LogP contribution in [0.5, 0.6) is 0 Å². The van der Waals surface area contributed by atoms with E-state index in [-0.39, 0.29) is 17.6 Å². The third kappa shape index (κ3) is 3.29. The Morgan fingerprint density at radius 2 is 1.88 bits per heavy atom. The van der Waals surface area contributed by atoms with Gasteiger partial charge in [0.2, 0.25) is 11.9 Å². The van der Waals surface area contributed by atoms with Gasteiger partial charge >= 0.3 is 6.18 Å². The number of carbonyl (C=O) groups is 1. The average Bonchev–Trinajstić information content (AvgIpc) is 2.80. The van der Waals surface area contributed by atoms with Crippen LogP contribution in [0.1, 0.15) is 63.1 Å². The minimum atomic E-state index is -4.50. The Labute approximate surface area is 149 Å². The first kappa shape index (κ1) is 17.3. The van der Waals surface area contributed by atoms with E-state index in [4.69, 9.17) is 0 Å². The number of imidazole rings is 1. The topological polar surface area (TPSA) is 59.8 Å². The summed E-state index contributed by atoms with van der Waals surface area (Å²) in [6.07, 6.45) is 3.08. The number of halogens is 3. The molecule has 2 heterocycles. The van der Waals surface area contributed by atoms with Crippen molar-refractivity contribution in [3.8, 4) is 0 Å². The number of rotatable bonds is 5. The maximum absolute atomic E-state index is 13.0. The summed E-state index contributed by atoms with van der Waals surface area (Å²) in [7, 11) is 0. The summed E-state index contributed by atoms with van der Waals surface area (Å²) in [6.45, 7) is 0. The molecular formula is C18H21F3N4O. The van der Waals surface area contributed by atoms with Crippen molar-refractivity contribution in [1.82, 2.24) is 14.5 Å². The molecule has 1 N–H and O–H groups in total. The molecule has 0 radical (unpaired) electrons. The van der Waals surface area contributed by atoms with Gasteiger partial charge in [0, 0.05) is 12.5 Å². The molecule has 0 atom stereocenters. The fourth-order valence-corrected chi connectivity index (χ4v) is 3.51. The van der Waals surface area contributed by atoms with Gasteiger partial charge in [0.1, 0.15) is 11.2 Å². The molecule has 140 valence electrons. The van der Waals surface area contributed by atoms with E-state index in [1.165, 1.54) is 25.3 Å². The first-order valence-corrected chi connectivity index (χ1v) is 9.18. The highest BCUT2D eigenvalue weighted by Gasteiger charge is 2.34. The molecule has 0 unspecified atom stereocenters. The Balaban J connectivity index is 1.61. The minimum Gasteiger partial charge on any atom is -0.296 e. The monoisotopic (exact) mass is 366 g/mol. The van der Waals surface area contributed by atoms with Crippen molar-refractivity contribution in [2.45, 2.75) is 63.6 Å². The first-order valence-electron chi connectivity index (χ1n) is 9.18. The van der Waals surface area contributed by atoms with Gasteiger partial charge in [0.15, 0.2) is 5.65 Å². The Morgan fingerprint density at radius 1 is 1.15 bits per heavy atom. The molecule has 0 spiro atoms. The lowest BCUT2D eigenvalue weighted by molar-refractivity contribution is -0.141. The lowest BCUT2D eigenvalue weighted by Gasteiger charge is -2.28. The van der Waals surface area contributed by atoms with Gasteiger partial charge in [-0.15, -0.1) is 0 Å². The highest BCUT2D eigenvalue weighted by atomic mass is 19.4. The van der Waals surface area contributed by atoms with Gasteiger partial charge in [-0.3, -0.25) is 14.7 Å². The molecule has 8 heteroatoms. The molecule has 2 fully saturated rings. The molecule has 2 aliphatic carbocycles. The van der Waals surface area contributed by atoms with Crippen molar-refractivity contribution >= 4 is 23.0 Å². The molecule has 5 nitrogen and oxygen atoms in total. The van der Waals surface area contributed by atoms with Gasteiger partial charge in [0.25, 0.3) is 0 Å². The maximum Gasteiger partial charge on any atom is 0.433 e. The number of aromatic nitrogens is 3. The number of pyridine rings is 1. The molecule has 1 amide bonds. The Bertz CT molecular complexity index is 822. The third-order valence-electron chi connectivity index (χ3n) is 5.52. The van der Waals surface area contributed by atoms with Crippen LogP contribution >= 0.6 is 0 Å². The van der Waals surface area contributed by atoms with Gasteiger partial charge in [-0.25, -0.2) is 9.97 Å². The first-order chi connectivity index (χ1) is 12.4. The van der Waals surface area contributed by atoms with Crippen LogP contribution in [0.3, 0.4) is 0 Å². The van der Waals surface area contributed by atoms with E-state index in [1.807, 2.05) is 0 Å². The quantitative estimate of drug-likeness (QED) is 0.835. The van der Waals surface area contributed by atoms with E-state index in [1.54, 1.807) is 4.57 Å². The second-order valence-electron chi connectivity index (χ2n) is 7.31. The smallest absolute Gasteiger partial charge is 0.296 e. The van der Waals surface area contributed by atoms with Gasteiger partial charge in [-0.2, -0.15) is 13.2 Å². The number of hydrogen-bond acceptors (Lipinski definition) is 3. The summed E-state index contributed by atoms with van der Waals surface area (Å²) in [5.41, 5.74) is -0.369. The molecular weight excluding hydrogens is 345 g/mol. The van der Waals surface area contributed by atoms with Crippen LogP contribution in [0, 0.1) is 5.92 Å². The predicted molar refractivity (Wildman–Crippen MR) is 90.6 cm³/mol. The van der Waals surface area contributed by atoms with Crippen molar-refractivity contribution < 1.29 is 18.0 Å². The number of hydrogen-bond donors (Lipinski definition) is 1. The van der Waals surface area contributed by atoms with Gasteiger partial charge in [-0.05, 0) is 43.7 Å². The van der Waals surface area contributed by atoms with Crippen LogP contribution in [0.15, 0.2) is 12.1 Å². The number of alkyl halides is 3. The fourth-order valence-electron chi connectivity index (χ4n) is 3.51. The minimum absolute atomic E-state index is 0.0397. The van der Waals surface area contributed by atoms with E-state index < -0.39 is 11.9 Å². The number of fused-ring (bicyclic) bond motifs is 1. The summed E-state index contributed by atoms with van der Waals surface area (Å²) in [5.74, 6) is 0.807. The normalized spacial score (nSPS) is 18.6. The van der Waals surface area contributed by atoms with E-state index >= 15 is 0 Å². The predicted octanol–water partition coefficient (Wildman–Crippen LogP) is 4.69. The van der Waals surface area contributed by atoms with Gasteiger partial charge in [-0.1, -0.05) is 19.3 Å². The van der Waals surface area contributed by atoms with Crippen molar-refractivity contribution in [2.75, 3.05) is 5.32 Å². The molecule has 2 aromatic rings. The molecule has 2 aliphatic rings. The summed E-state index contributed by atoms with van der Waals surface area (Å²) in [5, 5.41) is 2.80. The maximum atomic E-state index is 13.0. The lowest BCUT2D eigenvalue weighted by Crippen LogP contribution is -2.23. The highest BCUT2D eigenvalue weighted by molar-refractivity contribution is 5.91. The Kier molecular flexibility index (Phi) is 4.36. The largest absolute Gasteiger partial charge is 0.433 e. The van der Waals surface area contributed by atoms with Crippen LogP contribution < -0.4 is 5.32 Å². The summed E-state index contributed by atoms with van der Waals surface area (Å²) in [4.78, 5) is 20.4. The molecule has 0 aromatic carbocycles. The fraction of sp³-hybridized carbons (Fsp3) is 0.611. The molecule has 0 aliphatic heterocycles. The van der Waals surface area contributed by atoms with E-state index in [0.29, 0.717) is 23.8 Å². The van der Waals surface area contributed by atoms with Crippen molar-refractivity contribution in [1.29, 1.82) is 0 Å². The summed E-state index contributed by atoms with van der Waals surface area (Å²) in [6, 6.07) is 2.30. The highest BCUT2D eigenvalue weighted by Crippen LogP contribution is 2.38. The number of amides is 1. The van der Waals surface area contributed by atoms with E-state index in [2.05, 4.69) is 15.3 Å². The number of nitrogens with one attached hydrogen (secondary N) is 1. The van der Waals surface area contributed by atoms with E-state index in [9.17, 15) is 18.0 Å². The Hall–Kier alpha value is -2.12. The van der Waals surface area contributed by atoms with Crippen molar-refractivity contribution in [2.24, 2.45) is 5.92 Å². The zero-order valence-corrected chi connectivity index (χ0v) is 14.4. The summed E-state index contributed by atoms with van der Waals surface area (Å²) >= 11 is 0. The molecule has 26 heavy (non-hydrogen) atoms. The van der Waals surface area contributed by atoms with E-state index in [0.717, 1.165) is 31.7 Å². The zero-order chi connectivity index (χ0) is 18.3. The SMILES string of the molecule is O=C(CCC1CCC1)Nc1nc2ccc(C(F)(F)F)nc2n1C1CCC1. The molecule has 2 aromatic heterocycles. The van der Waals surface area contributed by atoms with Crippen LogP contribution in [-0.4, -0.2) is 20.4 Å². The third-order valence-corrected chi connectivity index (χ3v) is 5.52. The molecule has 4 rings (SSSR count). The summed E-state index contributed by atoms with van der Waals surface area (Å²) < 4.78 is 40.7. The standard InChI is InChI=1S/C18H21F3N4O/c19-18(20,21)14-9-8-13-16(23-14)25(12-5-2-6-12)17(22-13)24-15(26)10-7-11-3-1-4-11/h8-9,11-12H,1-7,10H2,(H,22,24,26).